The Bertz CT molecular complexity index is 1240. The molecule has 5 heterocycles. The summed E-state index contributed by atoms with van der Waals surface area (Å²) in [5.74, 6) is 1.24. The Morgan fingerprint density at radius 3 is 2.88 bits per heavy atom. The van der Waals surface area contributed by atoms with Crippen molar-refractivity contribution in [2.24, 2.45) is 0 Å². The topological polar surface area (TPSA) is 68.6 Å². The van der Waals surface area contributed by atoms with Crippen molar-refractivity contribution in [3.8, 4) is 11.5 Å². The van der Waals surface area contributed by atoms with E-state index in [0.29, 0.717) is 43.7 Å². The average Bonchev–Trinajstić information content (AvgIpc) is 3.42. The quantitative estimate of drug-likeness (QED) is 0.662. The first kappa shape index (κ1) is 19.7. The van der Waals surface area contributed by atoms with E-state index in [1.165, 1.54) is 6.07 Å². The number of nitrogens with zero attached hydrogens (tertiary/aromatic N) is 3. The Kier molecular flexibility index (Phi) is 4.84. The summed E-state index contributed by atoms with van der Waals surface area (Å²) in [5.41, 5.74) is 2.32. The van der Waals surface area contributed by atoms with Gasteiger partial charge in [-0.1, -0.05) is 0 Å². The van der Waals surface area contributed by atoms with E-state index in [4.69, 9.17) is 9.47 Å². The molecule has 0 saturated carbocycles. The minimum absolute atomic E-state index is 0.00740. The number of hydrogen-bond acceptors (Lipinski definition) is 6. The van der Waals surface area contributed by atoms with Crippen LogP contribution in [0.25, 0.3) is 10.9 Å². The third-order valence-electron chi connectivity index (χ3n) is 6.76. The van der Waals surface area contributed by atoms with E-state index < -0.39 is 0 Å². The molecule has 3 aliphatic rings. The van der Waals surface area contributed by atoms with Gasteiger partial charge in [0.05, 0.1) is 17.4 Å². The lowest BCUT2D eigenvalue weighted by atomic mass is 9.98. The van der Waals surface area contributed by atoms with Gasteiger partial charge in [0.15, 0.2) is 11.5 Å². The molecule has 32 heavy (non-hydrogen) atoms. The first-order valence-corrected chi connectivity index (χ1v) is 11.2. The second-order valence-corrected chi connectivity index (χ2v) is 8.82. The first-order valence-electron chi connectivity index (χ1n) is 11.2. The fourth-order valence-electron chi connectivity index (χ4n) is 5.24. The molecule has 0 aliphatic carbocycles. The van der Waals surface area contributed by atoms with E-state index in [1.807, 2.05) is 6.07 Å². The van der Waals surface area contributed by atoms with Crippen molar-refractivity contribution in [2.45, 2.75) is 31.5 Å². The highest BCUT2D eigenvalue weighted by molar-refractivity contribution is 5.84. The maximum atomic E-state index is 14.7. The number of fused-ring (bicyclic) bond motifs is 1. The highest BCUT2D eigenvalue weighted by atomic mass is 19.1. The van der Waals surface area contributed by atoms with Crippen molar-refractivity contribution in [1.29, 1.82) is 0 Å². The highest BCUT2D eigenvalue weighted by Gasteiger charge is 2.32. The molecule has 1 saturated heterocycles. The number of pyridine rings is 2. The van der Waals surface area contributed by atoms with Crippen LogP contribution in [0.15, 0.2) is 41.3 Å². The van der Waals surface area contributed by atoms with Crippen LogP contribution in [0, 0.1) is 5.82 Å². The summed E-state index contributed by atoms with van der Waals surface area (Å²) in [6.07, 6.45) is 2.75. The molecule has 2 atom stereocenters. The summed E-state index contributed by atoms with van der Waals surface area (Å²) >= 11 is 0. The SMILES string of the molecule is O=c1ccc2ccc(F)c3c2n1CC3CN1CCC(NCc2cc3c(cn2)OCCO3)C1. The summed E-state index contributed by atoms with van der Waals surface area (Å²) in [6.45, 7) is 4.92. The van der Waals surface area contributed by atoms with Crippen molar-refractivity contribution in [1.82, 2.24) is 19.8 Å². The van der Waals surface area contributed by atoms with Gasteiger partial charge in [-0.05, 0) is 36.6 Å². The zero-order chi connectivity index (χ0) is 21.7. The molecule has 2 unspecified atom stereocenters. The second kappa shape index (κ2) is 7.86. The summed E-state index contributed by atoms with van der Waals surface area (Å²) in [7, 11) is 0. The maximum Gasteiger partial charge on any atom is 0.251 e. The average molecular weight is 436 g/mol. The molecule has 2 aromatic heterocycles. The standard InChI is InChI=1S/C24H25FN4O3/c25-19-3-1-15-2-4-22(30)29-13-16(23(19)24(15)29)12-28-6-5-17(14-28)26-10-18-9-20-21(11-27-18)32-8-7-31-20/h1-4,9,11,16-17,26H,5-8,10,12-14H2. The van der Waals surface area contributed by atoms with Gasteiger partial charge in [0.1, 0.15) is 19.0 Å². The molecule has 1 aromatic carbocycles. The summed E-state index contributed by atoms with van der Waals surface area (Å²) in [6, 6.07) is 8.94. The van der Waals surface area contributed by atoms with E-state index in [0.717, 1.165) is 48.4 Å². The first-order chi connectivity index (χ1) is 15.7. The van der Waals surface area contributed by atoms with Crippen LogP contribution in [0.5, 0.6) is 11.5 Å². The van der Waals surface area contributed by atoms with Crippen LogP contribution in [-0.4, -0.2) is 53.3 Å². The lowest BCUT2D eigenvalue weighted by Crippen LogP contribution is -2.34. The van der Waals surface area contributed by atoms with E-state index in [9.17, 15) is 9.18 Å². The van der Waals surface area contributed by atoms with Gasteiger partial charge in [0.25, 0.3) is 5.56 Å². The number of hydrogen-bond donors (Lipinski definition) is 1. The summed E-state index contributed by atoms with van der Waals surface area (Å²) in [4.78, 5) is 19.2. The number of aromatic nitrogens is 2. The number of benzene rings is 1. The predicted molar refractivity (Wildman–Crippen MR) is 118 cm³/mol. The van der Waals surface area contributed by atoms with Crippen LogP contribution in [0.3, 0.4) is 0 Å². The molecular formula is C24H25FN4O3. The van der Waals surface area contributed by atoms with Crippen LogP contribution < -0.4 is 20.3 Å². The van der Waals surface area contributed by atoms with Gasteiger partial charge >= 0.3 is 0 Å². The van der Waals surface area contributed by atoms with Gasteiger partial charge < -0.3 is 24.3 Å². The molecular weight excluding hydrogens is 411 g/mol. The number of ether oxygens (including phenoxy) is 2. The van der Waals surface area contributed by atoms with E-state index >= 15 is 0 Å². The molecule has 3 aliphatic heterocycles. The Morgan fingerprint density at radius 2 is 1.97 bits per heavy atom. The van der Waals surface area contributed by atoms with Gasteiger partial charge in [0.2, 0.25) is 0 Å². The fourth-order valence-corrected chi connectivity index (χ4v) is 5.24. The molecule has 7 nitrogen and oxygen atoms in total. The predicted octanol–water partition coefficient (Wildman–Crippen LogP) is 2.27. The lowest BCUT2D eigenvalue weighted by Gasteiger charge is -2.21. The van der Waals surface area contributed by atoms with Crippen LogP contribution in [0.2, 0.25) is 0 Å². The van der Waals surface area contributed by atoms with Crippen LogP contribution in [0.4, 0.5) is 4.39 Å². The molecule has 8 heteroatoms. The van der Waals surface area contributed by atoms with E-state index in [-0.39, 0.29) is 17.3 Å². The normalized spacial score (nSPS) is 22.0. The summed E-state index contributed by atoms with van der Waals surface area (Å²) in [5, 5.41) is 4.51. The number of halogens is 1. The molecule has 1 N–H and O–H groups in total. The molecule has 0 bridgehead atoms. The smallest absolute Gasteiger partial charge is 0.251 e. The van der Waals surface area contributed by atoms with Crippen LogP contribution in [-0.2, 0) is 13.1 Å². The van der Waals surface area contributed by atoms with E-state index in [1.54, 1.807) is 29.0 Å². The Morgan fingerprint density at radius 1 is 1.12 bits per heavy atom. The minimum Gasteiger partial charge on any atom is -0.486 e. The minimum atomic E-state index is -0.210. The maximum absolute atomic E-state index is 14.7. The van der Waals surface area contributed by atoms with Crippen LogP contribution >= 0.6 is 0 Å². The second-order valence-electron chi connectivity index (χ2n) is 8.82. The molecule has 3 aromatic rings. The molecule has 1 fully saturated rings. The molecule has 6 rings (SSSR count). The molecule has 166 valence electrons. The van der Waals surface area contributed by atoms with Gasteiger partial charge in [-0.3, -0.25) is 9.78 Å². The Balaban J connectivity index is 1.10. The monoisotopic (exact) mass is 436 g/mol. The number of likely N-dealkylation sites (tertiary alicyclic amines) is 1. The third-order valence-corrected chi connectivity index (χ3v) is 6.76. The third kappa shape index (κ3) is 3.43. The van der Waals surface area contributed by atoms with Crippen molar-refractivity contribution in [2.75, 3.05) is 32.8 Å². The zero-order valence-corrected chi connectivity index (χ0v) is 17.7. The fraction of sp³-hybridized carbons (Fsp3) is 0.417. The zero-order valence-electron chi connectivity index (χ0n) is 17.7. The van der Waals surface area contributed by atoms with E-state index in [2.05, 4.69) is 15.2 Å². The van der Waals surface area contributed by atoms with Gasteiger partial charge in [-0.15, -0.1) is 0 Å². The number of rotatable bonds is 5. The highest BCUT2D eigenvalue weighted by Crippen LogP contribution is 2.35. The molecule has 0 radical (unpaired) electrons. The van der Waals surface area contributed by atoms with Gasteiger partial charge in [0, 0.05) is 55.8 Å². The van der Waals surface area contributed by atoms with Crippen molar-refractivity contribution < 1.29 is 13.9 Å². The van der Waals surface area contributed by atoms with Crippen molar-refractivity contribution in [3.05, 3.63) is 64.0 Å². The summed E-state index contributed by atoms with van der Waals surface area (Å²) < 4.78 is 27.6. The largest absolute Gasteiger partial charge is 0.486 e. The van der Waals surface area contributed by atoms with Crippen molar-refractivity contribution in [3.63, 3.8) is 0 Å². The molecule has 0 spiro atoms. The molecule has 0 amide bonds. The van der Waals surface area contributed by atoms with Gasteiger partial charge in [-0.25, -0.2) is 4.39 Å². The van der Waals surface area contributed by atoms with Crippen molar-refractivity contribution >= 4 is 10.9 Å². The van der Waals surface area contributed by atoms with Crippen LogP contribution in [0.1, 0.15) is 23.6 Å². The van der Waals surface area contributed by atoms with Gasteiger partial charge in [-0.2, -0.15) is 0 Å². The Labute approximate surface area is 184 Å². The number of nitrogens with one attached hydrogen (secondary N) is 1. The Hall–Kier alpha value is -2.97. The lowest BCUT2D eigenvalue weighted by molar-refractivity contribution is 0.170.